The highest BCUT2D eigenvalue weighted by molar-refractivity contribution is 7.86. The zero-order chi connectivity index (χ0) is 17.0. The number of aryl methyl sites for hydroxylation is 1. The molecule has 0 aliphatic carbocycles. The molecule has 6 nitrogen and oxygen atoms in total. The molecule has 0 bridgehead atoms. The van der Waals surface area contributed by atoms with Gasteiger partial charge in [-0.1, -0.05) is 29.8 Å². The first-order valence-corrected chi connectivity index (χ1v) is 8.42. The largest absolute Gasteiger partial charge is 0.297 e. The molecule has 0 saturated heterocycles. The normalized spacial score (nSPS) is 12.8. The molecule has 0 N–H and O–H groups in total. The van der Waals surface area contributed by atoms with E-state index in [0.29, 0.717) is 6.42 Å². The van der Waals surface area contributed by atoms with Crippen molar-refractivity contribution >= 4 is 15.8 Å². The van der Waals surface area contributed by atoms with Crippen LogP contribution < -0.4 is 0 Å². The minimum absolute atomic E-state index is 0.0983. The lowest BCUT2D eigenvalue weighted by Gasteiger charge is -2.13. The second-order valence-corrected chi connectivity index (χ2v) is 6.87. The van der Waals surface area contributed by atoms with Crippen LogP contribution in [0.5, 0.6) is 0 Å². The molecule has 0 aliphatic rings. The molecule has 0 radical (unpaired) electrons. The van der Waals surface area contributed by atoms with Crippen molar-refractivity contribution in [2.24, 2.45) is 0 Å². The molecule has 7 heteroatoms. The summed E-state index contributed by atoms with van der Waals surface area (Å²) in [5.41, 5.74) is 1.93. The number of nitro groups is 1. The molecule has 0 fully saturated rings. The minimum atomic E-state index is -3.95. The summed E-state index contributed by atoms with van der Waals surface area (Å²) in [6.45, 7) is 3.64. The molecular weight excluding hydrogens is 318 g/mol. The molecule has 1 atom stereocenters. The van der Waals surface area contributed by atoms with Gasteiger partial charge >= 0.3 is 0 Å². The Bertz CT molecular complexity index is 782. The van der Waals surface area contributed by atoms with Crippen LogP contribution in [0.2, 0.25) is 0 Å². The molecule has 2 aromatic rings. The summed E-state index contributed by atoms with van der Waals surface area (Å²) in [5, 5.41) is 10.6. The van der Waals surface area contributed by atoms with E-state index in [9.17, 15) is 18.5 Å². The molecule has 0 aromatic heterocycles. The van der Waals surface area contributed by atoms with Crippen molar-refractivity contribution in [3.05, 3.63) is 69.8 Å². The molecular formula is C16H17NO5S. The predicted molar refractivity (Wildman–Crippen MR) is 85.7 cm³/mol. The van der Waals surface area contributed by atoms with Gasteiger partial charge in [-0.15, -0.1) is 0 Å². The van der Waals surface area contributed by atoms with E-state index in [1.807, 2.05) is 31.2 Å². The number of non-ortho nitro benzene ring substituents is 1. The van der Waals surface area contributed by atoms with Gasteiger partial charge in [0.15, 0.2) is 0 Å². The average Bonchev–Trinajstić information content (AvgIpc) is 2.49. The smallest absolute Gasteiger partial charge is 0.263 e. The second kappa shape index (κ2) is 6.89. The summed E-state index contributed by atoms with van der Waals surface area (Å²) in [4.78, 5) is 9.91. The van der Waals surface area contributed by atoms with Crippen LogP contribution in [0.4, 0.5) is 5.69 Å². The van der Waals surface area contributed by atoms with Crippen molar-refractivity contribution in [2.75, 3.05) is 0 Å². The van der Waals surface area contributed by atoms with Crippen LogP contribution in [0, 0.1) is 17.0 Å². The number of hydrogen-bond acceptors (Lipinski definition) is 5. The maximum absolute atomic E-state index is 12.2. The maximum Gasteiger partial charge on any atom is 0.297 e. The summed E-state index contributed by atoms with van der Waals surface area (Å²) in [5.74, 6) is 0. The van der Waals surface area contributed by atoms with Crippen molar-refractivity contribution in [3.63, 3.8) is 0 Å². The number of nitrogens with zero attached hydrogens (tertiary/aromatic N) is 1. The van der Waals surface area contributed by atoms with Crippen molar-refractivity contribution in [1.82, 2.24) is 0 Å². The Balaban J connectivity index is 2.07. The SMILES string of the molecule is Cc1ccc(CC(C)OS(=O)(=O)c2ccc([N+](=O)[O-])cc2)cc1. The van der Waals surface area contributed by atoms with Gasteiger partial charge in [0.05, 0.1) is 15.9 Å². The van der Waals surface area contributed by atoms with E-state index in [0.717, 1.165) is 23.3 Å². The van der Waals surface area contributed by atoms with Crippen LogP contribution in [0.25, 0.3) is 0 Å². The fourth-order valence-corrected chi connectivity index (χ4v) is 3.18. The summed E-state index contributed by atoms with van der Waals surface area (Å²) in [7, 11) is -3.95. The third-order valence-corrected chi connectivity index (χ3v) is 4.70. The Kier molecular flexibility index (Phi) is 5.12. The fraction of sp³-hybridized carbons (Fsp3) is 0.250. The third-order valence-electron chi connectivity index (χ3n) is 3.27. The van der Waals surface area contributed by atoms with Gasteiger partial charge in [-0.2, -0.15) is 8.42 Å². The second-order valence-electron chi connectivity index (χ2n) is 5.30. The van der Waals surface area contributed by atoms with Gasteiger partial charge in [0, 0.05) is 12.1 Å². The van der Waals surface area contributed by atoms with Crippen LogP contribution in [-0.4, -0.2) is 19.4 Å². The lowest BCUT2D eigenvalue weighted by molar-refractivity contribution is -0.384. The summed E-state index contributed by atoms with van der Waals surface area (Å²) in [6.07, 6.45) is -0.0927. The van der Waals surface area contributed by atoms with E-state index in [-0.39, 0.29) is 10.6 Å². The van der Waals surface area contributed by atoms with Gasteiger partial charge in [-0.25, -0.2) is 0 Å². The molecule has 0 spiro atoms. The van der Waals surface area contributed by atoms with Crippen LogP contribution in [0.3, 0.4) is 0 Å². The van der Waals surface area contributed by atoms with E-state index >= 15 is 0 Å². The lowest BCUT2D eigenvalue weighted by atomic mass is 10.1. The van der Waals surface area contributed by atoms with E-state index < -0.39 is 21.1 Å². The monoisotopic (exact) mass is 335 g/mol. The number of rotatable bonds is 6. The van der Waals surface area contributed by atoms with Crippen LogP contribution >= 0.6 is 0 Å². The van der Waals surface area contributed by atoms with Crippen molar-refractivity contribution in [2.45, 2.75) is 31.3 Å². The zero-order valence-corrected chi connectivity index (χ0v) is 13.6. The Hall–Kier alpha value is -2.25. The highest BCUT2D eigenvalue weighted by Crippen LogP contribution is 2.19. The van der Waals surface area contributed by atoms with Crippen LogP contribution in [0.15, 0.2) is 53.4 Å². The Morgan fingerprint density at radius 1 is 1.09 bits per heavy atom. The predicted octanol–water partition coefficient (Wildman–Crippen LogP) is 3.24. The van der Waals surface area contributed by atoms with Crippen LogP contribution in [0.1, 0.15) is 18.1 Å². The molecule has 0 amide bonds. The Morgan fingerprint density at radius 2 is 1.65 bits per heavy atom. The zero-order valence-electron chi connectivity index (χ0n) is 12.8. The first-order valence-electron chi connectivity index (χ1n) is 7.01. The molecule has 2 aromatic carbocycles. The number of benzene rings is 2. The highest BCUT2D eigenvalue weighted by Gasteiger charge is 2.20. The van der Waals surface area contributed by atoms with Gasteiger partial charge in [-0.3, -0.25) is 14.3 Å². The van der Waals surface area contributed by atoms with E-state index in [2.05, 4.69) is 0 Å². The third kappa shape index (κ3) is 4.61. The van der Waals surface area contributed by atoms with E-state index in [4.69, 9.17) is 4.18 Å². The molecule has 2 rings (SSSR count). The molecule has 0 heterocycles. The molecule has 23 heavy (non-hydrogen) atoms. The Morgan fingerprint density at radius 3 is 2.17 bits per heavy atom. The summed E-state index contributed by atoms with van der Waals surface area (Å²) < 4.78 is 29.5. The average molecular weight is 335 g/mol. The van der Waals surface area contributed by atoms with Crippen molar-refractivity contribution < 1.29 is 17.5 Å². The van der Waals surface area contributed by atoms with Crippen molar-refractivity contribution in [1.29, 1.82) is 0 Å². The fourth-order valence-electron chi connectivity index (χ4n) is 2.10. The highest BCUT2D eigenvalue weighted by atomic mass is 32.2. The van der Waals surface area contributed by atoms with E-state index in [1.165, 1.54) is 12.1 Å². The van der Waals surface area contributed by atoms with Gasteiger partial charge in [-0.05, 0) is 38.0 Å². The van der Waals surface area contributed by atoms with Gasteiger partial charge < -0.3 is 0 Å². The summed E-state index contributed by atoms with van der Waals surface area (Å²) >= 11 is 0. The molecule has 0 saturated carbocycles. The number of nitro benzene ring substituents is 1. The molecule has 1 unspecified atom stereocenters. The first-order chi connectivity index (χ1) is 10.8. The van der Waals surface area contributed by atoms with Gasteiger partial charge in [0.1, 0.15) is 0 Å². The molecule has 122 valence electrons. The van der Waals surface area contributed by atoms with Crippen LogP contribution in [-0.2, 0) is 20.7 Å². The van der Waals surface area contributed by atoms with Gasteiger partial charge in [0.25, 0.3) is 15.8 Å². The van der Waals surface area contributed by atoms with E-state index in [1.54, 1.807) is 6.92 Å². The van der Waals surface area contributed by atoms with Gasteiger partial charge in [0.2, 0.25) is 0 Å². The molecule has 0 aliphatic heterocycles. The van der Waals surface area contributed by atoms with Crippen molar-refractivity contribution in [3.8, 4) is 0 Å². The Labute approximate surface area is 135 Å². The lowest BCUT2D eigenvalue weighted by Crippen LogP contribution is -2.18. The first kappa shape index (κ1) is 17.1. The maximum atomic E-state index is 12.2. The quantitative estimate of drug-likeness (QED) is 0.459. The minimum Gasteiger partial charge on any atom is -0.263 e. The standard InChI is InChI=1S/C16H17NO5S/c1-12-3-5-14(6-4-12)11-13(2)22-23(20,21)16-9-7-15(8-10-16)17(18)19/h3-10,13H,11H2,1-2H3. The topological polar surface area (TPSA) is 86.5 Å². The summed E-state index contributed by atoms with van der Waals surface area (Å²) in [6, 6.07) is 12.4. The number of hydrogen-bond donors (Lipinski definition) is 0.